The molecule has 0 fully saturated rings. The molecular formula is C20H24BrN3O3. The number of phenols is 1. The van der Waals surface area contributed by atoms with Gasteiger partial charge in [0.1, 0.15) is 11.5 Å². The molecule has 0 heterocycles. The van der Waals surface area contributed by atoms with Gasteiger partial charge in [-0.3, -0.25) is 4.79 Å². The summed E-state index contributed by atoms with van der Waals surface area (Å²) < 4.78 is 6.44. The number of hydrazone groups is 1. The van der Waals surface area contributed by atoms with Crippen LogP contribution in [0.2, 0.25) is 0 Å². The summed E-state index contributed by atoms with van der Waals surface area (Å²) in [4.78, 5) is 14.0. The van der Waals surface area contributed by atoms with Gasteiger partial charge in [-0.2, -0.15) is 5.10 Å². The number of hydrogen-bond acceptors (Lipinski definition) is 5. The van der Waals surface area contributed by atoms with Gasteiger partial charge in [-0.25, -0.2) is 5.43 Å². The van der Waals surface area contributed by atoms with E-state index in [0.717, 1.165) is 28.8 Å². The number of rotatable bonds is 8. The van der Waals surface area contributed by atoms with Crippen molar-refractivity contribution in [2.24, 2.45) is 5.10 Å². The van der Waals surface area contributed by atoms with E-state index in [1.807, 2.05) is 25.1 Å². The third kappa shape index (κ3) is 5.99. The number of ether oxygens (including phenoxy) is 1. The van der Waals surface area contributed by atoms with Crippen LogP contribution < -0.4 is 15.1 Å². The van der Waals surface area contributed by atoms with Crippen molar-refractivity contribution in [3.05, 3.63) is 52.0 Å². The molecule has 1 amide bonds. The first-order valence-electron chi connectivity index (χ1n) is 8.73. The lowest BCUT2D eigenvalue weighted by Crippen LogP contribution is -2.24. The number of aryl methyl sites for hydroxylation is 1. The lowest BCUT2D eigenvalue weighted by Gasteiger charge is -2.21. The highest BCUT2D eigenvalue weighted by atomic mass is 79.9. The van der Waals surface area contributed by atoms with Crippen LogP contribution in [0.15, 0.2) is 46.0 Å². The summed E-state index contributed by atoms with van der Waals surface area (Å²) in [6.07, 6.45) is 1.41. The first kappa shape index (κ1) is 20.8. The van der Waals surface area contributed by atoms with Crippen molar-refractivity contribution in [3.63, 3.8) is 0 Å². The highest BCUT2D eigenvalue weighted by Crippen LogP contribution is 2.24. The Labute approximate surface area is 168 Å². The average Bonchev–Trinajstić information content (AvgIpc) is 2.63. The minimum absolute atomic E-state index is 0.110. The monoisotopic (exact) mass is 433 g/mol. The zero-order chi connectivity index (χ0) is 19.8. The summed E-state index contributed by atoms with van der Waals surface area (Å²) in [6, 6.07) is 10.9. The molecule has 2 N–H and O–H groups in total. The minimum Gasteiger partial charge on any atom is -0.507 e. The standard InChI is InChI=1S/C20H24BrN3O3/c1-4-24(5-2)17-8-6-15(18(25)11-17)12-22-23-20(26)13-27-19-9-7-16(21)10-14(19)3/h6-12,25H,4-5,13H2,1-3H3,(H,23,26)/b22-12+. The summed E-state index contributed by atoms with van der Waals surface area (Å²) in [5, 5.41) is 14.0. The molecule has 6 nitrogen and oxygen atoms in total. The number of nitrogens with zero attached hydrogens (tertiary/aromatic N) is 2. The summed E-state index contributed by atoms with van der Waals surface area (Å²) in [6.45, 7) is 7.59. The number of nitrogens with one attached hydrogen (secondary N) is 1. The van der Waals surface area contributed by atoms with E-state index in [1.165, 1.54) is 6.21 Å². The molecule has 2 aromatic rings. The zero-order valence-electron chi connectivity index (χ0n) is 15.7. The van der Waals surface area contributed by atoms with Crippen LogP contribution in [-0.4, -0.2) is 36.9 Å². The van der Waals surface area contributed by atoms with Crippen LogP contribution in [0.3, 0.4) is 0 Å². The van der Waals surface area contributed by atoms with E-state index in [9.17, 15) is 9.90 Å². The van der Waals surface area contributed by atoms with E-state index in [0.29, 0.717) is 11.3 Å². The van der Waals surface area contributed by atoms with Crippen LogP contribution in [0, 0.1) is 6.92 Å². The maximum absolute atomic E-state index is 11.9. The Balaban J connectivity index is 1.90. The number of carbonyl (C=O) groups is 1. The Morgan fingerprint density at radius 1 is 1.26 bits per heavy atom. The van der Waals surface area contributed by atoms with Crippen LogP contribution in [0.25, 0.3) is 0 Å². The highest BCUT2D eigenvalue weighted by molar-refractivity contribution is 9.10. The summed E-state index contributed by atoms with van der Waals surface area (Å²) in [5.74, 6) is 0.369. The van der Waals surface area contributed by atoms with Crippen molar-refractivity contribution in [1.29, 1.82) is 0 Å². The van der Waals surface area contributed by atoms with E-state index in [1.54, 1.807) is 18.2 Å². The number of halogens is 1. The van der Waals surface area contributed by atoms with E-state index in [4.69, 9.17) is 4.74 Å². The Morgan fingerprint density at radius 2 is 2.00 bits per heavy atom. The van der Waals surface area contributed by atoms with Gasteiger partial charge >= 0.3 is 0 Å². The van der Waals surface area contributed by atoms with Crippen molar-refractivity contribution < 1.29 is 14.6 Å². The predicted molar refractivity (Wildman–Crippen MR) is 112 cm³/mol. The summed E-state index contributed by atoms with van der Waals surface area (Å²) in [7, 11) is 0. The number of hydrogen-bond donors (Lipinski definition) is 2. The van der Waals surface area contributed by atoms with Gasteiger partial charge in [-0.1, -0.05) is 15.9 Å². The van der Waals surface area contributed by atoms with Crippen molar-refractivity contribution in [1.82, 2.24) is 5.43 Å². The van der Waals surface area contributed by atoms with Gasteiger partial charge < -0.3 is 14.7 Å². The van der Waals surface area contributed by atoms with E-state index in [-0.39, 0.29) is 18.3 Å². The topological polar surface area (TPSA) is 74.2 Å². The number of anilines is 1. The number of amides is 1. The predicted octanol–water partition coefficient (Wildman–Crippen LogP) is 3.84. The smallest absolute Gasteiger partial charge is 0.277 e. The van der Waals surface area contributed by atoms with E-state index in [2.05, 4.69) is 45.2 Å². The maximum atomic E-state index is 11.9. The highest BCUT2D eigenvalue weighted by Gasteiger charge is 2.07. The van der Waals surface area contributed by atoms with Crippen molar-refractivity contribution in [3.8, 4) is 11.5 Å². The molecule has 2 aromatic carbocycles. The molecular weight excluding hydrogens is 410 g/mol. The molecule has 0 spiro atoms. The number of carbonyl (C=O) groups excluding carboxylic acids is 1. The number of aromatic hydroxyl groups is 1. The van der Waals surface area contributed by atoms with E-state index >= 15 is 0 Å². The van der Waals surface area contributed by atoms with Gasteiger partial charge in [0.2, 0.25) is 0 Å². The second-order valence-corrected chi connectivity index (χ2v) is 6.82. The fourth-order valence-corrected chi connectivity index (χ4v) is 3.03. The fraction of sp³-hybridized carbons (Fsp3) is 0.300. The Hall–Kier alpha value is -2.54. The Morgan fingerprint density at radius 3 is 2.63 bits per heavy atom. The summed E-state index contributed by atoms with van der Waals surface area (Å²) >= 11 is 3.38. The van der Waals surface area contributed by atoms with Gasteiger partial charge in [-0.15, -0.1) is 0 Å². The SMILES string of the molecule is CCN(CC)c1ccc(/C=N/NC(=O)COc2ccc(Br)cc2C)c(O)c1. The molecule has 0 saturated carbocycles. The quantitative estimate of drug-likeness (QED) is 0.489. The molecule has 144 valence electrons. The fourth-order valence-electron chi connectivity index (χ4n) is 2.55. The molecule has 0 aromatic heterocycles. The number of phenolic OH excluding ortho intramolecular Hbond substituents is 1. The van der Waals surface area contributed by atoms with Gasteiger partial charge in [0.05, 0.1) is 6.21 Å². The summed E-state index contributed by atoms with van der Waals surface area (Å²) in [5.41, 5.74) is 4.79. The van der Waals surface area contributed by atoms with Gasteiger partial charge in [0.15, 0.2) is 6.61 Å². The molecule has 0 aliphatic carbocycles. The Kier molecular flexibility index (Phi) is 7.67. The molecule has 0 atom stereocenters. The molecule has 27 heavy (non-hydrogen) atoms. The van der Waals surface area contributed by atoms with Crippen LogP contribution in [0.1, 0.15) is 25.0 Å². The first-order valence-corrected chi connectivity index (χ1v) is 9.52. The normalized spacial score (nSPS) is 10.8. The first-order chi connectivity index (χ1) is 12.9. The maximum Gasteiger partial charge on any atom is 0.277 e. The molecule has 0 aliphatic heterocycles. The number of benzene rings is 2. The molecule has 0 unspecified atom stereocenters. The molecule has 7 heteroatoms. The van der Waals surface area contributed by atoms with Crippen molar-refractivity contribution in [2.75, 3.05) is 24.6 Å². The molecule has 0 aliphatic rings. The second-order valence-electron chi connectivity index (χ2n) is 5.91. The van der Waals surface area contributed by atoms with Crippen LogP contribution in [0.5, 0.6) is 11.5 Å². The Bertz CT molecular complexity index is 820. The van der Waals surface area contributed by atoms with Crippen molar-refractivity contribution in [2.45, 2.75) is 20.8 Å². The minimum atomic E-state index is -0.382. The zero-order valence-corrected chi connectivity index (χ0v) is 17.3. The molecule has 2 rings (SSSR count). The van der Waals surface area contributed by atoms with Crippen LogP contribution in [-0.2, 0) is 4.79 Å². The second kappa shape index (κ2) is 9.97. The van der Waals surface area contributed by atoms with Crippen LogP contribution in [0.4, 0.5) is 5.69 Å². The van der Waals surface area contributed by atoms with Crippen molar-refractivity contribution >= 4 is 33.7 Å². The molecule has 0 bridgehead atoms. The van der Waals surface area contributed by atoms with Gasteiger partial charge in [0.25, 0.3) is 5.91 Å². The third-order valence-corrected chi connectivity index (χ3v) is 4.52. The van der Waals surface area contributed by atoms with Gasteiger partial charge in [-0.05, 0) is 56.7 Å². The molecule has 0 saturated heterocycles. The largest absolute Gasteiger partial charge is 0.507 e. The van der Waals surface area contributed by atoms with Gasteiger partial charge in [0, 0.05) is 34.9 Å². The lowest BCUT2D eigenvalue weighted by atomic mass is 10.2. The molecule has 0 radical (unpaired) electrons. The average molecular weight is 434 g/mol. The van der Waals surface area contributed by atoms with E-state index < -0.39 is 0 Å². The lowest BCUT2D eigenvalue weighted by molar-refractivity contribution is -0.123. The van der Waals surface area contributed by atoms with Crippen LogP contribution >= 0.6 is 15.9 Å². The third-order valence-electron chi connectivity index (χ3n) is 4.03.